The summed E-state index contributed by atoms with van der Waals surface area (Å²) in [5.41, 5.74) is 7.99. The van der Waals surface area contributed by atoms with E-state index in [0.717, 1.165) is 23.7 Å². The normalized spacial score (nSPS) is 19.5. The van der Waals surface area contributed by atoms with E-state index in [2.05, 4.69) is 23.7 Å². The summed E-state index contributed by atoms with van der Waals surface area (Å²) in [7, 11) is 0. The van der Waals surface area contributed by atoms with Gasteiger partial charge in [-0.15, -0.1) is 0 Å². The number of nitrogen functional groups attached to an aromatic ring is 1. The van der Waals surface area contributed by atoms with E-state index in [9.17, 15) is 0 Å². The van der Waals surface area contributed by atoms with Gasteiger partial charge in [0.2, 0.25) is 0 Å². The van der Waals surface area contributed by atoms with Crippen LogP contribution in [0, 0.1) is 6.92 Å². The molecule has 0 saturated carbocycles. The fraction of sp³-hybridized carbons (Fsp3) is 0.583. The molecule has 2 heterocycles. The van der Waals surface area contributed by atoms with Gasteiger partial charge in [-0.3, -0.25) is 0 Å². The number of hydrogen-bond acceptors (Lipinski definition) is 3. The summed E-state index contributed by atoms with van der Waals surface area (Å²) in [6.45, 7) is 7.58. The molecule has 0 bridgehead atoms. The number of aryl methyl sites for hydroxylation is 1. The summed E-state index contributed by atoms with van der Waals surface area (Å²) in [5, 5.41) is 0. The molecule has 2 N–H and O–H groups in total. The van der Waals surface area contributed by atoms with Gasteiger partial charge in [0.25, 0.3) is 0 Å². The lowest BCUT2D eigenvalue weighted by Gasteiger charge is -2.33. The molecular weight excluding hydrogens is 186 g/mol. The largest absolute Gasteiger partial charge is 0.396 e. The zero-order valence-corrected chi connectivity index (χ0v) is 9.75. The molecule has 15 heavy (non-hydrogen) atoms. The van der Waals surface area contributed by atoms with Crippen LogP contribution >= 0.6 is 0 Å². The monoisotopic (exact) mass is 205 g/mol. The highest BCUT2D eigenvalue weighted by Crippen LogP contribution is 2.35. The predicted molar refractivity (Wildman–Crippen MR) is 64.0 cm³/mol. The van der Waals surface area contributed by atoms with Crippen LogP contribution in [-0.4, -0.2) is 17.1 Å². The summed E-state index contributed by atoms with van der Waals surface area (Å²) < 4.78 is 0. The number of rotatable bonds is 1. The van der Waals surface area contributed by atoms with Crippen molar-refractivity contribution in [3.63, 3.8) is 0 Å². The Morgan fingerprint density at radius 3 is 2.73 bits per heavy atom. The molecule has 0 aliphatic carbocycles. The molecule has 0 unspecified atom stereocenters. The van der Waals surface area contributed by atoms with Gasteiger partial charge in [-0.2, -0.15) is 0 Å². The fourth-order valence-corrected chi connectivity index (χ4v) is 2.27. The van der Waals surface area contributed by atoms with E-state index in [0.29, 0.717) is 0 Å². The predicted octanol–water partition coefficient (Wildman–Crippen LogP) is 2.35. The molecular formula is C12H19N3. The number of anilines is 2. The van der Waals surface area contributed by atoms with Crippen molar-refractivity contribution in [2.45, 2.75) is 39.2 Å². The van der Waals surface area contributed by atoms with Gasteiger partial charge in [-0.1, -0.05) is 0 Å². The van der Waals surface area contributed by atoms with Gasteiger partial charge in [0.1, 0.15) is 0 Å². The number of nitrogens with zero attached hydrogens (tertiary/aromatic N) is 2. The summed E-state index contributed by atoms with van der Waals surface area (Å²) in [6.07, 6.45) is 2.43. The molecule has 3 nitrogen and oxygen atoms in total. The summed E-state index contributed by atoms with van der Waals surface area (Å²) in [6, 6.07) is 3.91. The Morgan fingerprint density at radius 1 is 1.40 bits per heavy atom. The molecule has 1 aliphatic heterocycles. The quantitative estimate of drug-likeness (QED) is 0.765. The lowest BCUT2D eigenvalue weighted by molar-refractivity contribution is 0.514. The van der Waals surface area contributed by atoms with Crippen molar-refractivity contribution < 1.29 is 0 Å². The second kappa shape index (κ2) is 3.40. The van der Waals surface area contributed by atoms with Gasteiger partial charge in [-0.25, -0.2) is 4.98 Å². The van der Waals surface area contributed by atoms with Gasteiger partial charge in [-0.05, 0) is 45.7 Å². The molecule has 82 valence electrons. The van der Waals surface area contributed by atoms with Crippen LogP contribution in [0.1, 0.15) is 32.4 Å². The first-order valence-corrected chi connectivity index (χ1v) is 5.51. The summed E-state index contributed by atoms with van der Waals surface area (Å²) in [4.78, 5) is 6.88. The van der Waals surface area contributed by atoms with Gasteiger partial charge < -0.3 is 10.6 Å². The first-order valence-electron chi connectivity index (χ1n) is 5.51. The Hall–Kier alpha value is -1.25. The van der Waals surface area contributed by atoms with E-state index in [1.807, 2.05) is 19.1 Å². The molecule has 1 aromatic heterocycles. The molecule has 0 aromatic carbocycles. The fourth-order valence-electron chi connectivity index (χ4n) is 2.27. The molecule has 0 spiro atoms. The molecule has 0 radical (unpaired) electrons. The number of pyridine rings is 1. The van der Waals surface area contributed by atoms with Crippen molar-refractivity contribution in [3.05, 3.63) is 17.8 Å². The van der Waals surface area contributed by atoms with E-state index in [-0.39, 0.29) is 5.54 Å². The lowest BCUT2D eigenvalue weighted by Crippen LogP contribution is -2.39. The third-order valence-electron chi connectivity index (χ3n) is 3.20. The van der Waals surface area contributed by atoms with Gasteiger partial charge in [0.05, 0.1) is 5.69 Å². The molecule has 0 amide bonds. The first kappa shape index (κ1) is 10.3. The van der Waals surface area contributed by atoms with Crippen molar-refractivity contribution in [1.29, 1.82) is 0 Å². The van der Waals surface area contributed by atoms with E-state index in [4.69, 9.17) is 5.73 Å². The van der Waals surface area contributed by atoms with Crippen molar-refractivity contribution in [2.24, 2.45) is 0 Å². The minimum atomic E-state index is 0.189. The van der Waals surface area contributed by atoms with E-state index in [1.54, 1.807) is 0 Å². The number of nitrogens with two attached hydrogens (primary N) is 1. The van der Waals surface area contributed by atoms with Crippen LogP contribution in [0.5, 0.6) is 0 Å². The van der Waals surface area contributed by atoms with Crippen LogP contribution in [-0.2, 0) is 0 Å². The molecule has 1 aliphatic rings. The molecule has 2 rings (SSSR count). The topological polar surface area (TPSA) is 42.1 Å². The minimum absolute atomic E-state index is 0.189. The molecule has 1 aromatic rings. The highest BCUT2D eigenvalue weighted by atomic mass is 15.3. The zero-order valence-electron chi connectivity index (χ0n) is 9.75. The van der Waals surface area contributed by atoms with Crippen LogP contribution in [0.25, 0.3) is 0 Å². The van der Waals surface area contributed by atoms with E-state index < -0.39 is 0 Å². The van der Waals surface area contributed by atoms with E-state index in [1.165, 1.54) is 12.8 Å². The number of aromatic nitrogens is 1. The van der Waals surface area contributed by atoms with Gasteiger partial charge in [0.15, 0.2) is 5.82 Å². The third kappa shape index (κ3) is 1.78. The Kier molecular flexibility index (Phi) is 2.33. The first-order chi connectivity index (χ1) is 7.00. The van der Waals surface area contributed by atoms with Crippen molar-refractivity contribution in [3.8, 4) is 0 Å². The standard InChI is InChI=1S/C12H19N3/c1-9-5-6-10(13)11(14-9)15-8-4-7-12(15,2)3/h5-6H,4,7-8,13H2,1-3H3. The van der Waals surface area contributed by atoms with Gasteiger partial charge in [0, 0.05) is 17.8 Å². The van der Waals surface area contributed by atoms with E-state index >= 15 is 0 Å². The maximum absolute atomic E-state index is 5.99. The summed E-state index contributed by atoms with van der Waals surface area (Å²) >= 11 is 0. The second-order valence-corrected chi connectivity index (χ2v) is 4.93. The smallest absolute Gasteiger partial charge is 0.152 e. The van der Waals surface area contributed by atoms with Crippen LogP contribution in [0.2, 0.25) is 0 Å². The Labute approximate surface area is 91.3 Å². The highest BCUT2D eigenvalue weighted by molar-refractivity contribution is 5.64. The van der Waals surface area contributed by atoms with Crippen molar-refractivity contribution in [2.75, 3.05) is 17.2 Å². The van der Waals surface area contributed by atoms with Crippen molar-refractivity contribution in [1.82, 2.24) is 4.98 Å². The maximum atomic E-state index is 5.99. The van der Waals surface area contributed by atoms with Crippen LogP contribution < -0.4 is 10.6 Å². The second-order valence-electron chi connectivity index (χ2n) is 4.93. The Balaban J connectivity index is 2.40. The minimum Gasteiger partial charge on any atom is -0.396 e. The highest BCUT2D eigenvalue weighted by Gasteiger charge is 2.33. The lowest BCUT2D eigenvalue weighted by atomic mass is 10.0. The van der Waals surface area contributed by atoms with Crippen LogP contribution in [0.4, 0.5) is 11.5 Å². The average molecular weight is 205 g/mol. The Bertz CT molecular complexity index is 371. The molecule has 0 atom stereocenters. The molecule has 1 saturated heterocycles. The Morgan fingerprint density at radius 2 is 2.13 bits per heavy atom. The number of hydrogen-bond donors (Lipinski definition) is 1. The van der Waals surface area contributed by atoms with Crippen LogP contribution in [0.3, 0.4) is 0 Å². The average Bonchev–Trinajstić information content (AvgIpc) is 2.50. The van der Waals surface area contributed by atoms with Crippen molar-refractivity contribution >= 4 is 11.5 Å². The third-order valence-corrected chi connectivity index (χ3v) is 3.20. The molecule has 3 heteroatoms. The van der Waals surface area contributed by atoms with Gasteiger partial charge >= 0.3 is 0 Å². The van der Waals surface area contributed by atoms with Crippen LogP contribution in [0.15, 0.2) is 12.1 Å². The molecule has 1 fully saturated rings. The summed E-state index contributed by atoms with van der Waals surface area (Å²) in [5.74, 6) is 0.956. The SMILES string of the molecule is Cc1ccc(N)c(N2CCCC2(C)C)n1. The maximum Gasteiger partial charge on any atom is 0.152 e. The zero-order chi connectivity index (χ0) is 11.1.